The monoisotopic (exact) mass is 343 g/mol. The molecule has 0 fully saturated rings. The van der Waals surface area contributed by atoms with Gasteiger partial charge in [-0.25, -0.2) is 4.79 Å². The minimum absolute atomic E-state index is 0.0561. The molecule has 0 atom stereocenters. The molecule has 1 heterocycles. The van der Waals surface area contributed by atoms with Gasteiger partial charge >= 0.3 is 5.97 Å². The number of esters is 1. The van der Waals surface area contributed by atoms with Gasteiger partial charge in [-0.05, 0) is 49.4 Å². The molecule has 5 heteroatoms. The predicted octanol–water partition coefficient (Wildman–Crippen LogP) is 3.63. The third kappa shape index (κ3) is 4.29. The van der Waals surface area contributed by atoms with E-state index < -0.39 is 5.97 Å². The van der Waals surface area contributed by atoms with Crippen LogP contribution in [-0.4, -0.2) is 30.3 Å². The Hall–Kier alpha value is -2.56. The number of aromatic hydroxyl groups is 1. The molecule has 0 saturated carbocycles. The summed E-state index contributed by atoms with van der Waals surface area (Å²) < 4.78 is 10.0. The topological polar surface area (TPSA) is 68.7 Å². The Morgan fingerprint density at radius 2 is 1.76 bits per heavy atom. The first-order valence-corrected chi connectivity index (χ1v) is 8.44. The van der Waals surface area contributed by atoms with Gasteiger partial charge in [0.1, 0.15) is 11.3 Å². The quantitative estimate of drug-likeness (QED) is 0.778. The molecule has 0 aliphatic carbocycles. The van der Waals surface area contributed by atoms with Gasteiger partial charge in [-0.1, -0.05) is 25.5 Å². The first-order chi connectivity index (χ1) is 12.0. The molecule has 0 radical (unpaired) electrons. The molecule has 2 aromatic rings. The Kier molecular flexibility index (Phi) is 6.39. The number of ether oxygens (including phenoxy) is 2. The van der Waals surface area contributed by atoms with Crippen molar-refractivity contribution in [3.05, 3.63) is 52.3 Å². The lowest BCUT2D eigenvalue weighted by molar-refractivity contribution is 0.0596. The number of pyridine rings is 1. The van der Waals surface area contributed by atoms with Crippen LogP contribution in [0.4, 0.5) is 0 Å². The van der Waals surface area contributed by atoms with Crippen LogP contribution in [0.5, 0.6) is 11.5 Å². The molecule has 0 amide bonds. The summed E-state index contributed by atoms with van der Waals surface area (Å²) in [5.74, 6) is 0.237. The van der Waals surface area contributed by atoms with Gasteiger partial charge in [-0.2, -0.15) is 0 Å². The first-order valence-electron chi connectivity index (χ1n) is 8.44. The van der Waals surface area contributed by atoms with Crippen molar-refractivity contribution in [1.29, 1.82) is 0 Å². The van der Waals surface area contributed by atoms with Crippen LogP contribution in [0.15, 0.2) is 24.3 Å². The van der Waals surface area contributed by atoms with Crippen molar-refractivity contribution in [1.82, 2.24) is 4.98 Å². The van der Waals surface area contributed by atoms with E-state index in [0.29, 0.717) is 24.1 Å². The second-order valence-electron chi connectivity index (χ2n) is 5.94. The molecule has 134 valence electrons. The lowest BCUT2D eigenvalue weighted by Crippen LogP contribution is -2.11. The van der Waals surface area contributed by atoms with E-state index in [9.17, 15) is 9.90 Å². The van der Waals surface area contributed by atoms with Gasteiger partial charge in [0.15, 0.2) is 5.75 Å². The van der Waals surface area contributed by atoms with Crippen molar-refractivity contribution in [3.8, 4) is 11.5 Å². The van der Waals surface area contributed by atoms with Crippen LogP contribution in [-0.2, 0) is 24.0 Å². The molecule has 0 bridgehead atoms. The largest absolute Gasteiger partial charge is 0.505 e. The first kappa shape index (κ1) is 18.8. The van der Waals surface area contributed by atoms with E-state index in [-0.39, 0.29) is 11.3 Å². The second-order valence-corrected chi connectivity index (χ2v) is 5.94. The van der Waals surface area contributed by atoms with E-state index in [1.54, 1.807) is 14.0 Å². The van der Waals surface area contributed by atoms with Gasteiger partial charge in [0.25, 0.3) is 0 Å². The van der Waals surface area contributed by atoms with Crippen molar-refractivity contribution in [2.24, 2.45) is 0 Å². The van der Waals surface area contributed by atoms with Crippen molar-refractivity contribution >= 4 is 5.97 Å². The number of aryl methyl sites for hydroxylation is 3. The maximum Gasteiger partial charge on any atom is 0.342 e. The van der Waals surface area contributed by atoms with Crippen LogP contribution in [0.2, 0.25) is 0 Å². The van der Waals surface area contributed by atoms with Crippen LogP contribution in [0, 0.1) is 6.92 Å². The third-order valence-electron chi connectivity index (χ3n) is 4.27. The van der Waals surface area contributed by atoms with Crippen molar-refractivity contribution in [2.75, 3.05) is 14.2 Å². The molecule has 0 saturated heterocycles. The summed E-state index contributed by atoms with van der Waals surface area (Å²) in [5, 5.41) is 10.4. The Labute approximate surface area is 148 Å². The normalized spacial score (nSPS) is 10.6. The Morgan fingerprint density at radius 3 is 2.32 bits per heavy atom. The van der Waals surface area contributed by atoms with Gasteiger partial charge in [0.05, 0.1) is 19.9 Å². The molecule has 25 heavy (non-hydrogen) atoms. The summed E-state index contributed by atoms with van der Waals surface area (Å²) in [6, 6.07) is 7.88. The summed E-state index contributed by atoms with van der Waals surface area (Å²) in [6.07, 6.45) is 2.92. The van der Waals surface area contributed by atoms with Crippen molar-refractivity contribution in [3.63, 3.8) is 0 Å². The summed E-state index contributed by atoms with van der Waals surface area (Å²) in [7, 11) is 2.96. The minimum atomic E-state index is -0.527. The van der Waals surface area contributed by atoms with Crippen LogP contribution >= 0.6 is 0 Å². The highest BCUT2D eigenvalue weighted by Gasteiger charge is 2.22. The summed E-state index contributed by atoms with van der Waals surface area (Å²) in [5.41, 5.74) is 3.44. The summed E-state index contributed by atoms with van der Waals surface area (Å²) in [6.45, 7) is 3.81. The molecule has 5 nitrogen and oxygen atoms in total. The number of carbonyl (C=O) groups is 1. The molecule has 1 aromatic heterocycles. The van der Waals surface area contributed by atoms with Crippen molar-refractivity contribution in [2.45, 2.75) is 39.5 Å². The molecular formula is C20H25NO4. The number of hydrogen-bond acceptors (Lipinski definition) is 5. The number of carbonyl (C=O) groups excluding carboxylic acids is 1. The standard InChI is InChI=1S/C20H25NO4/c1-5-6-17-19(22)18(20(23)25-4)13(2)16(21-17)12-9-14-7-10-15(24-3)11-8-14/h7-8,10-11,22H,5-6,9,12H2,1-4H3. The van der Waals surface area contributed by atoms with E-state index in [4.69, 9.17) is 9.47 Å². The molecule has 2 rings (SSSR count). The van der Waals surface area contributed by atoms with E-state index in [2.05, 4.69) is 4.98 Å². The minimum Gasteiger partial charge on any atom is -0.505 e. The lowest BCUT2D eigenvalue weighted by Gasteiger charge is -2.15. The third-order valence-corrected chi connectivity index (χ3v) is 4.27. The lowest BCUT2D eigenvalue weighted by atomic mass is 9.99. The van der Waals surface area contributed by atoms with Gasteiger partial charge in [0, 0.05) is 5.69 Å². The average molecular weight is 343 g/mol. The van der Waals surface area contributed by atoms with Gasteiger partial charge < -0.3 is 14.6 Å². The Morgan fingerprint density at radius 1 is 1.08 bits per heavy atom. The highest BCUT2D eigenvalue weighted by molar-refractivity contribution is 5.94. The zero-order valence-electron chi connectivity index (χ0n) is 15.3. The molecule has 0 aliphatic rings. The fraction of sp³-hybridized carbons (Fsp3) is 0.400. The van der Waals surface area contributed by atoms with Crippen LogP contribution in [0.1, 0.15) is 46.2 Å². The smallest absolute Gasteiger partial charge is 0.342 e. The van der Waals surface area contributed by atoms with E-state index in [0.717, 1.165) is 29.8 Å². The van der Waals surface area contributed by atoms with E-state index in [1.807, 2.05) is 31.2 Å². The number of methoxy groups -OCH3 is 2. The number of hydrogen-bond donors (Lipinski definition) is 1. The number of aromatic nitrogens is 1. The SMILES string of the molecule is CCCc1nc(CCc2ccc(OC)cc2)c(C)c(C(=O)OC)c1O. The summed E-state index contributed by atoms with van der Waals surface area (Å²) >= 11 is 0. The number of rotatable bonds is 7. The van der Waals surface area contributed by atoms with Crippen molar-refractivity contribution < 1.29 is 19.4 Å². The highest BCUT2D eigenvalue weighted by atomic mass is 16.5. The second kappa shape index (κ2) is 8.51. The van der Waals surface area contributed by atoms with E-state index in [1.165, 1.54) is 7.11 Å². The van der Waals surface area contributed by atoms with Crippen LogP contribution in [0.25, 0.3) is 0 Å². The van der Waals surface area contributed by atoms with E-state index >= 15 is 0 Å². The maximum absolute atomic E-state index is 12.1. The molecule has 0 unspecified atom stereocenters. The zero-order valence-corrected chi connectivity index (χ0v) is 15.3. The molecule has 0 aliphatic heterocycles. The Bertz CT molecular complexity index is 738. The Balaban J connectivity index is 2.31. The fourth-order valence-corrected chi connectivity index (χ4v) is 2.83. The summed E-state index contributed by atoms with van der Waals surface area (Å²) in [4.78, 5) is 16.7. The van der Waals surface area contributed by atoms with Gasteiger partial charge in [-0.3, -0.25) is 4.98 Å². The van der Waals surface area contributed by atoms with Gasteiger partial charge in [0.2, 0.25) is 0 Å². The molecule has 1 aromatic carbocycles. The number of benzene rings is 1. The maximum atomic E-state index is 12.1. The molecular weight excluding hydrogens is 318 g/mol. The van der Waals surface area contributed by atoms with Crippen LogP contribution < -0.4 is 4.74 Å². The molecule has 0 spiro atoms. The molecule has 1 N–H and O–H groups in total. The van der Waals surface area contributed by atoms with Crippen LogP contribution in [0.3, 0.4) is 0 Å². The fourth-order valence-electron chi connectivity index (χ4n) is 2.83. The van der Waals surface area contributed by atoms with Gasteiger partial charge in [-0.15, -0.1) is 0 Å². The average Bonchev–Trinajstić information content (AvgIpc) is 2.63. The number of nitrogens with zero attached hydrogens (tertiary/aromatic N) is 1. The highest BCUT2D eigenvalue weighted by Crippen LogP contribution is 2.29. The zero-order chi connectivity index (χ0) is 18.4. The predicted molar refractivity (Wildman–Crippen MR) is 96.4 cm³/mol.